The van der Waals surface area contributed by atoms with Crippen LogP contribution in [0.3, 0.4) is 0 Å². The largest absolute Gasteiger partial charge is 0.447 e. The molecule has 1 saturated heterocycles. The number of alkyl carbamates (subject to hydrolysis) is 1. The van der Waals surface area contributed by atoms with Crippen molar-refractivity contribution in [1.82, 2.24) is 15.1 Å². The van der Waals surface area contributed by atoms with Crippen molar-refractivity contribution in [3.63, 3.8) is 0 Å². The Morgan fingerprint density at radius 3 is 2.47 bits per heavy atom. The van der Waals surface area contributed by atoms with Gasteiger partial charge in [0, 0.05) is 38.8 Å². The van der Waals surface area contributed by atoms with Gasteiger partial charge in [0.05, 0.1) is 6.61 Å². The first kappa shape index (κ1) is 16.2. The standard InChI is InChI=1S/C13H27N3O3/c1-11(2)12(10-14-13(18)19-9-8-17)16-6-4-15(3)5-7-16/h11-12,17H,4-10H2,1-3H3,(H,14,18). The number of amides is 1. The first-order chi connectivity index (χ1) is 9.04. The molecule has 6 heteroatoms. The van der Waals surface area contributed by atoms with Crippen molar-refractivity contribution in [2.75, 3.05) is 53.0 Å². The molecule has 0 saturated carbocycles. The predicted molar refractivity (Wildman–Crippen MR) is 74.1 cm³/mol. The Kier molecular flexibility index (Phi) is 7.12. The second kappa shape index (κ2) is 8.35. The molecule has 0 bridgehead atoms. The molecule has 1 aliphatic heterocycles. The summed E-state index contributed by atoms with van der Waals surface area (Å²) >= 11 is 0. The molecule has 19 heavy (non-hydrogen) atoms. The van der Waals surface area contributed by atoms with Crippen molar-refractivity contribution in [3.05, 3.63) is 0 Å². The average Bonchev–Trinajstić information content (AvgIpc) is 2.38. The van der Waals surface area contributed by atoms with E-state index in [-0.39, 0.29) is 13.2 Å². The van der Waals surface area contributed by atoms with Gasteiger partial charge >= 0.3 is 6.09 Å². The summed E-state index contributed by atoms with van der Waals surface area (Å²) in [6.45, 7) is 9.04. The maximum absolute atomic E-state index is 11.4. The highest BCUT2D eigenvalue weighted by molar-refractivity contribution is 5.67. The minimum absolute atomic E-state index is 0.0483. The van der Waals surface area contributed by atoms with Gasteiger partial charge in [0.2, 0.25) is 0 Å². The minimum Gasteiger partial charge on any atom is -0.447 e. The predicted octanol–water partition coefficient (Wildman–Crippen LogP) is -0.0231. The molecule has 0 aromatic carbocycles. The van der Waals surface area contributed by atoms with Crippen molar-refractivity contribution < 1.29 is 14.6 Å². The molecule has 0 aliphatic carbocycles. The van der Waals surface area contributed by atoms with Gasteiger partial charge in [-0.25, -0.2) is 4.79 Å². The highest BCUT2D eigenvalue weighted by Gasteiger charge is 2.25. The maximum atomic E-state index is 11.4. The van der Waals surface area contributed by atoms with E-state index in [9.17, 15) is 4.79 Å². The summed E-state index contributed by atoms with van der Waals surface area (Å²) < 4.78 is 4.80. The number of hydrogen-bond donors (Lipinski definition) is 2. The molecule has 1 unspecified atom stereocenters. The van der Waals surface area contributed by atoms with Crippen LogP contribution in [0.25, 0.3) is 0 Å². The summed E-state index contributed by atoms with van der Waals surface area (Å²) in [6.07, 6.45) is -0.450. The van der Waals surface area contributed by atoms with Crippen LogP contribution < -0.4 is 5.32 Å². The van der Waals surface area contributed by atoms with Gasteiger partial charge in [-0.1, -0.05) is 13.8 Å². The number of piperazine rings is 1. The van der Waals surface area contributed by atoms with Crippen LogP contribution in [0.4, 0.5) is 4.79 Å². The normalized spacial score (nSPS) is 19.4. The summed E-state index contributed by atoms with van der Waals surface area (Å²) in [5.41, 5.74) is 0. The van der Waals surface area contributed by atoms with E-state index in [1.165, 1.54) is 0 Å². The Morgan fingerprint density at radius 2 is 1.95 bits per heavy atom. The molecule has 1 rings (SSSR count). The maximum Gasteiger partial charge on any atom is 0.407 e. The summed E-state index contributed by atoms with van der Waals surface area (Å²) in [4.78, 5) is 16.1. The first-order valence-electron chi connectivity index (χ1n) is 6.98. The smallest absolute Gasteiger partial charge is 0.407 e. The molecule has 1 heterocycles. The number of ether oxygens (including phenoxy) is 1. The molecule has 2 N–H and O–H groups in total. The van der Waals surface area contributed by atoms with Crippen LogP contribution in [-0.4, -0.2) is 80.0 Å². The first-order valence-corrected chi connectivity index (χ1v) is 6.98. The second-order valence-electron chi connectivity index (χ2n) is 5.39. The molecular formula is C13H27N3O3. The number of carbonyl (C=O) groups excluding carboxylic acids is 1. The van der Waals surface area contributed by atoms with Crippen molar-refractivity contribution in [2.24, 2.45) is 5.92 Å². The second-order valence-corrected chi connectivity index (χ2v) is 5.39. The molecule has 0 spiro atoms. The highest BCUT2D eigenvalue weighted by atomic mass is 16.6. The van der Waals surface area contributed by atoms with Crippen molar-refractivity contribution in [1.29, 1.82) is 0 Å². The zero-order valence-electron chi connectivity index (χ0n) is 12.3. The van der Waals surface area contributed by atoms with Crippen LogP contribution in [-0.2, 0) is 4.74 Å². The van der Waals surface area contributed by atoms with Crippen molar-refractivity contribution >= 4 is 6.09 Å². The third kappa shape index (κ3) is 5.76. The zero-order chi connectivity index (χ0) is 14.3. The number of hydrogen-bond acceptors (Lipinski definition) is 5. The monoisotopic (exact) mass is 273 g/mol. The molecule has 0 radical (unpaired) electrons. The fourth-order valence-electron chi connectivity index (χ4n) is 2.32. The summed E-state index contributed by atoms with van der Waals surface area (Å²) in [5, 5.41) is 11.4. The lowest BCUT2D eigenvalue weighted by molar-refractivity contribution is 0.0818. The van der Waals surface area contributed by atoms with E-state index in [1.807, 2.05) is 0 Å². The van der Waals surface area contributed by atoms with E-state index in [4.69, 9.17) is 9.84 Å². The molecule has 112 valence electrons. The van der Waals surface area contributed by atoms with Crippen LogP contribution in [0.1, 0.15) is 13.8 Å². The number of likely N-dealkylation sites (N-methyl/N-ethyl adjacent to an activating group) is 1. The SMILES string of the molecule is CC(C)C(CNC(=O)OCCO)N1CCN(C)CC1. The third-order valence-electron chi connectivity index (χ3n) is 3.56. The Hall–Kier alpha value is -0.850. The highest BCUT2D eigenvalue weighted by Crippen LogP contribution is 2.12. The van der Waals surface area contributed by atoms with Gasteiger partial charge in [-0.3, -0.25) is 4.90 Å². The van der Waals surface area contributed by atoms with E-state index < -0.39 is 6.09 Å². The summed E-state index contributed by atoms with van der Waals surface area (Å²) in [7, 11) is 2.13. The lowest BCUT2D eigenvalue weighted by Crippen LogP contribution is -2.54. The molecule has 6 nitrogen and oxygen atoms in total. The van der Waals surface area contributed by atoms with E-state index in [2.05, 4.69) is 36.0 Å². The van der Waals surface area contributed by atoms with E-state index >= 15 is 0 Å². The molecule has 1 aliphatic rings. The lowest BCUT2D eigenvalue weighted by atomic mass is 10.0. The van der Waals surface area contributed by atoms with Crippen molar-refractivity contribution in [2.45, 2.75) is 19.9 Å². The Balaban J connectivity index is 2.38. The van der Waals surface area contributed by atoms with Crippen LogP contribution >= 0.6 is 0 Å². The number of aliphatic hydroxyl groups excluding tert-OH is 1. The average molecular weight is 273 g/mol. The number of nitrogens with zero attached hydrogens (tertiary/aromatic N) is 2. The quantitative estimate of drug-likeness (QED) is 0.712. The Morgan fingerprint density at radius 1 is 1.32 bits per heavy atom. The van der Waals surface area contributed by atoms with Gasteiger partial charge < -0.3 is 20.1 Å². The molecule has 1 atom stereocenters. The Bertz CT molecular complexity index is 266. The molecule has 0 aromatic rings. The van der Waals surface area contributed by atoms with E-state index in [1.54, 1.807) is 0 Å². The zero-order valence-corrected chi connectivity index (χ0v) is 12.3. The van der Waals surface area contributed by atoms with Crippen LogP contribution in [0, 0.1) is 5.92 Å². The van der Waals surface area contributed by atoms with Gasteiger partial charge in [0.25, 0.3) is 0 Å². The topological polar surface area (TPSA) is 65.0 Å². The third-order valence-corrected chi connectivity index (χ3v) is 3.56. The van der Waals surface area contributed by atoms with E-state index in [0.717, 1.165) is 26.2 Å². The fourth-order valence-corrected chi connectivity index (χ4v) is 2.32. The van der Waals surface area contributed by atoms with Gasteiger partial charge in [-0.15, -0.1) is 0 Å². The van der Waals surface area contributed by atoms with Crippen LogP contribution in [0.2, 0.25) is 0 Å². The van der Waals surface area contributed by atoms with Gasteiger partial charge in [-0.05, 0) is 13.0 Å². The Labute approximate surface area is 115 Å². The number of rotatable bonds is 6. The summed E-state index contributed by atoms with van der Waals surface area (Å²) in [6, 6.07) is 0.329. The molecule has 0 aromatic heterocycles. The molecular weight excluding hydrogens is 246 g/mol. The molecule has 1 fully saturated rings. The van der Waals surface area contributed by atoms with Gasteiger partial charge in [-0.2, -0.15) is 0 Å². The number of nitrogens with one attached hydrogen (secondary N) is 1. The lowest BCUT2D eigenvalue weighted by Gasteiger charge is -2.39. The van der Waals surface area contributed by atoms with Gasteiger partial charge in [0.15, 0.2) is 0 Å². The molecule has 1 amide bonds. The summed E-state index contributed by atoms with van der Waals surface area (Å²) in [5.74, 6) is 0.474. The minimum atomic E-state index is -0.450. The van der Waals surface area contributed by atoms with E-state index in [0.29, 0.717) is 18.5 Å². The van der Waals surface area contributed by atoms with Crippen LogP contribution in [0.5, 0.6) is 0 Å². The number of aliphatic hydroxyl groups is 1. The van der Waals surface area contributed by atoms with Gasteiger partial charge in [0.1, 0.15) is 6.61 Å². The number of carbonyl (C=O) groups is 1. The van der Waals surface area contributed by atoms with Crippen LogP contribution in [0.15, 0.2) is 0 Å². The van der Waals surface area contributed by atoms with Crippen molar-refractivity contribution in [3.8, 4) is 0 Å². The fraction of sp³-hybridized carbons (Fsp3) is 0.923.